The lowest BCUT2D eigenvalue weighted by Crippen LogP contribution is -2.52. The maximum atomic E-state index is 12.1. The molecule has 0 radical (unpaired) electrons. The molecule has 1 aromatic rings. The van der Waals surface area contributed by atoms with Crippen LogP contribution in [0.5, 0.6) is 0 Å². The van der Waals surface area contributed by atoms with Gasteiger partial charge >= 0.3 is 11.7 Å². The molecule has 2 atom stereocenters. The molecule has 12 nitrogen and oxygen atoms in total. The zero-order chi connectivity index (χ0) is 22.0. The number of nitro benzene ring substituents is 1. The largest absolute Gasteiger partial charge is 0.610 e. The molecule has 1 heterocycles. The highest BCUT2D eigenvalue weighted by Gasteiger charge is 2.30. The number of nitro groups is 1. The first-order valence-electron chi connectivity index (χ1n) is 8.19. The van der Waals surface area contributed by atoms with Crippen LogP contribution in [0.3, 0.4) is 0 Å². The maximum absolute atomic E-state index is 12.1. The van der Waals surface area contributed by atoms with Gasteiger partial charge in [0.15, 0.2) is 6.61 Å². The van der Waals surface area contributed by atoms with Crippen molar-refractivity contribution in [2.45, 2.75) is 4.90 Å². The Balaban J connectivity index is 2.00. The Labute approximate surface area is 168 Å². The van der Waals surface area contributed by atoms with E-state index in [9.17, 15) is 37.2 Å². The van der Waals surface area contributed by atoms with Crippen molar-refractivity contribution in [2.24, 2.45) is 0 Å². The second-order valence-corrected chi connectivity index (χ2v) is 10.3. The third-order valence-corrected chi connectivity index (χ3v) is 6.63. The number of benzene rings is 1. The highest BCUT2D eigenvalue weighted by molar-refractivity contribution is 7.97. The Hall–Kier alpha value is -2.26. The predicted molar refractivity (Wildman–Crippen MR) is 99.3 cm³/mol. The molecule has 1 saturated heterocycles. The lowest BCUT2D eigenvalue weighted by atomic mass is 10.2. The number of sulfone groups is 1. The van der Waals surface area contributed by atoms with Crippen molar-refractivity contribution in [2.75, 3.05) is 45.3 Å². The summed E-state index contributed by atoms with van der Waals surface area (Å²) >= 11 is 0. The molecule has 2 rings (SSSR count). The molecule has 1 fully saturated rings. The minimum Gasteiger partial charge on any atom is -0.610 e. The smallest absolute Gasteiger partial charge is 0.338 e. The fraction of sp³-hybridized carbons (Fsp3) is 0.467. The first-order valence-corrected chi connectivity index (χ1v) is 11.9. The number of sulfonamides is 1. The second-order valence-electron chi connectivity index (χ2n) is 6.33. The standard InChI is InChI=1S/C15H19N3O9S2/c1-28(23,24)13-4-3-11(9-12(13)18(21)22)15(20)27-10-14(19)16-5-7-17(8-6-16)29(2,25)26/h3-4,9H,5-8,10H2,1-2H3. The van der Waals surface area contributed by atoms with Crippen LogP contribution in [0.1, 0.15) is 10.4 Å². The zero-order valence-electron chi connectivity index (χ0n) is 15.6. The van der Waals surface area contributed by atoms with Gasteiger partial charge in [0.25, 0.3) is 5.91 Å². The van der Waals surface area contributed by atoms with Crippen LogP contribution < -0.4 is 0 Å². The highest BCUT2D eigenvalue weighted by atomic mass is 32.3. The normalized spacial score (nSPS) is 19.1. The van der Waals surface area contributed by atoms with E-state index in [-0.39, 0.29) is 31.7 Å². The molecule has 0 N–H and O–H groups in total. The molecule has 0 aromatic heterocycles. The lowest BCUT2D eigenvalue weighted by Gasteiger charge is -2.34. The lowest BCUT2D eigenvalue weighted by molar-refractivity contribution is -0.387. The Morgan fingerprint density at radius 1 is 1.14 bits per heavy atom. The van der Waals surface area contributed by atoms with Crippen molar-refractivity contribution in [1.82, 2.24) is 9.21 Å². The van der Waals surface area contributed by atoms with Gasteiger partial charge in [-0.05, 0) is 6.07 Å². The van der Waals surface area contributed by atoms with Crippen molar-refractivity contribution >= 4 is 38.2 Å². The SMILES string of the molecule is C[S+](=O)([O-])c1ccc(C(=O)OCC(=O)N2CCN([S+](C)(=O)[O-])CC2)cc1[N+](=O)[O-]. The fourth-order valence-electron chi connectivity index (χ4n) is 2.67. The molecule has 1 aliphatic heterocycles. The van der Waals surface area contributed by atoms with Crippen LogP contribution in [0.25, 0.3) is 0 Å². The van der Waals surface area contributed by atoms with Crippen LogP contribution >= 0.6 is 0 Å². The molecule has 160 valence electrons. The number of piperazine rings is 1. The van der Waals surface area contributed by atoms with Gasteiger partial charge in [-0.1, -0.05) is 4.21 Å². The number of hydrogen-bond acceptors (Lipinski definition) is 9. The van der Waals surface area contributed by atoms with E-state index in [1.165, 1.54) is 9.21 Å². The van der Waals surface area contributed by atoms with Gasteiger partial charge in [0.1, 0.15) is 22.9 Å². The Morgan fingerprint density at radius 2 is 1.72 bits per heavy atom. The third-order valence-electron chi connectivity index (χ3n) is 4.18. The maximum Gasteiger partial charge on any atom is 0.338 e. The van der Waals surface area contributed by atoms with E-state index in [1.54, 1.807) is 0 Å². The summed E-state index contributed by atoms with van der Waals surface area (Å²) in [5, 5.41) is 11.1. The van der Waals surface area contributed by atoms with E-state index in [0.717, 1.165) is 30.7 Å². The molecule has 0 spiro atoms. The fourth-order valence-corrected chi connectivity index (χ4v) is 4.33. The molecule has 0 saturated carbocycles. The molecule has 0 aliphatic carbocycles. The summed E-state index contributed by atoms with van der Waals surface area (Å²) in [6, 6.07) is 2.76. The predicted octanol–water partition coefficient (Wildman–Crippen LogP) is -0.311. The number of carbonyl (C=O) groups is 2. The van der Waals surface area contributed by atoms with Crippen LogP contribution in [0.4, 0.5) is 5.69 Å². The summed E-state index contributed by atoms with van der Waals surface area (Å²) in [5.74, 6) is -1.58. The van der Waals surface area contributed by atoms with E-state index in [4.69, 9.17) is 4.74 Å². The third kappa shape index (κ3) is 5.86. The molecule has 0 bridgehead atoms. The number of amides is 1. The van der Waals surface area contributed by atoms with Crippen LogP contribution in [0.15, 0.2) is 23.1 Å². The van der Waals surface area contributed by atoms with Gasteiger partial charge in [0.2, 0.25) is 4.90 Å². The number of rotatable bonds is 6. The molecule has 1 amide bonds. The van der Waals surface area contributed by atoms with E-state index in [1.807, 2.05) is 0 Å². The monoisotopic (exact) mass is 449 g/mol. The van der Waals surface area contributed by atoms with Gasteiger partial charge in [-0.3, -0.25) is 14.9 Å². The van der Waals surface area contributed by atoms with Gasteiger partial charge in [0.05, 0.1) is 33.8 Å². The minimum atomic E-state index is -3.88. The minimum absolute atomic E-state index is 0.123. The summed E-state index contributed by atoms with van der Waals surface area (Å²) < 4.78 is 52.2. The van der Waals surface area contributed by atoms with Crippen molar-refractivity contribution < 1.29 is 36.8 Å². The van der Waals surface area contributed by atoms with E-state index < -0.39 is 54.6 Å². The molecular weight excluding hydrogens is 430 g/mol. The summed E-state index contributed by atoms with van der Waals surface area (Å²) in [6.07, 6.45) is 1.87. The van der Waals surface area contributed by atoms with Crippen LogP contribution in [0.2, 0.25) is 0 Å². The first kappa shape index (κ1) is 23.0. The van der Waals surface area contributed by atoms with Crippen LogP contribution in [0, 0.1) is 10.1 Å². The molecule has 1 aromatic carbocycles. The van der Waals surface area contributed by atoms with Gasteiger partial charge in [-0.25, -0.2) is 4.79 Å². The van der Waals surface area contributed by atoms with Crippen molar-refractivity contribution in [3.05, 3.63) is 33.9 Å². The van der Waals surface area contributed by atoms with Gasteiger partial charge in [0, 0.05) is 25.2 Å². The van der Waals surface area contributed by atoms with E-state index in [2.05, 4.69) is 0 Å². The summed E-state index contributed by atoms with van der Waals surface area (Å²) in [6.45, 7) is -0.120. The Bertz CT molecular complexity index is 916. The van der Waals surface area contributed by atoms with Gasteiger partial charge in [-0.2, -0.15) is 0 Å². The molecule has 1 aliphatic rings. The molecule has 2 unspecified atom stereocenters. The van der Waals surface area contributed by atoms with Crippen LogP contribution in [-0.4, -0.2) is 80.4 Å². The molecule has 14 heteroatoms. The van der Waals surface area contributed by atoms with E-state index in [0.29, 0.717) is 0 Å². The summed E-state index contributed by atoms with van der Waals surface area (Å²) in [4.78, 5) is 35.2. The topological polar surface area (TPSA) is 173 Å². The Kier molecular flexibility index (Phi) is 6.85. The summed E-state index contributed by atoms with van der Waals surface area (Å²) in [5.41, 5.74) is -1.05. The number of ether oxygens (including phenoxy) is 1. The van der Waals surface area contributed by atoms with Crippen LogP contribution in [-0.2, 0) is 38.6 Å². The van der Waals surface area contributed by atoms with Gasteiger partial charge in [-0.15, -0.1) is 8.51 Å². The quantitative estimate of drug-likeness (QED) is 0.244. The van der Waals surface area contributed by atoms with Crippen molar-refractivity contribution in [1.29, 1.82) is 0 Å². The van der Waals surface area contributed by atoms with Gasteiger partial charge < -0.3 is 18.7 Å². The summed E-state index contributed by atoms with van der Waals surface area (Å²) in [7, 11) is -7.23. The van der Waals surface area contributed by atoms with Crippen molar-refractivity contribution in [3.63, 3.8) is 0 Å². The highest BCUT2D eigenvalue weighted by Crippen LogP contribution is 2.27. The molecule has 29 heavy (non-hydrogen) atoms. The molecular formula is C15H19N3O9S2. The first-order chi connectivity index (χ1) is 13.3. The Morgan fingerprint density at radius 3 is 2.21 bits per heavy atom. The number of carbonyl (C=O) groups excluding carboxylic acids is 2. The van der Waals surface area contributed by atoms with Crippen molar-refractivity contribution in [3.8, 4) is 0 Å². The second kappa shape index (κ2) is 8.62. The number of esters is 1. The van der Waals surface area contributed by atoms with E-state index >= 15 is 0 Å². The average Bonchev–Trinajstić information content (AvgIpc) is 2.64. The zero-order valence-corrected chi connectivity index (χ0v) is 17.2. The number of hydrogen-bond donors (Lipinski definition) is 0. The number of nitrogens with zero attached hydrogens (tertiary/aromatic N) is 3. The average molecular weight is 449 g/mol.